The Morgan fingerprint density at radius 1 is 1.35 bits per heavy atom. The number of nitrogens with zero attached hydrogens (tertiary/aromatic N) is 1. The highest BCUT2D eigenvalue weighted by Crippen LogP contribution is 2.25. The van der Waals surface area contributed by atoms with E-state index in [1.54, 1.807) is 6.20 Å². The maximum atomic E-state index is 12.5. The van der Waals surface area contributed by atoms with Crippen molar-refractivity contribution in [2.24, 2.45) is 5.92 Å². The van der Waals surface area contributed by atoms with E-state index < -0.39 is 0 Å². The van der Waals surface area contributed by atoms with Gasteiger partial charge in [-0.1, -0.05) is 29.8 Å². The normalized spacial score (nSPS) is 17.6. The fraction of sp³-hybridized carbons (Fsp3) is 0.368. The van der Waals surface area contributed by atoms with Crippen LogP contribution in [-0.4, -0.2) is 28.6 Å². The third-order valence-corrected chi connectivity index (χ3v) is 4.44. The van der Waals surface area contributed by atoms with E-state index >= 15 is 0 Å². The lowest BCUT2D eigenvalue weighted by molar-refractivity contribution is -0.125. The molecule has 4 nitrogen and oxygen atoms in total. The second-order valence-electron chi connectivity index (χ2n) is 6.33. The van der Waals surface area contributed by atoms with Crippen molar-refractivity contribution in [1.29, 1.82) is 0 Å². The summed E-state index contributed by atoms with van der Waals surface area (Å²) >= 11 is 0. The van der Waals surface area contributed by atoms with Crippen LogP contribution in [0.5, 0.6) is 0 Å². The number of aryl methyl sites for hydroxylation is 1. The molecule has 1 aliphatic rings. The first kappa shape index (κ1) is 15.7. The molecule has 0 bridgehead atoms. The van der Waals surface area contributed by atoms with Crippen LogP contribution in [0.3, 0.4) is 0 Å². The number of pyridine rings is 1. The van der Waals surface area contributed by atoms with E-state index in [0.717, 1.165) is 24.0 Å². The zero-order chi connectivity index (χ0) is 16.2. The highest BCUT2D eigenvalue weighted by atomic mass is 16.3. The predicted octanol–water partition coefficient (Wildman–Crippen LogP) is 1.82. The number of fused-ring (bicyclic) bond motifs is 1. The molecule has 1 heterocycles. The van der Waals surface area contributed by atoms with Crippen LogP contribution in [0.2, 0.25) is 0 Å². The molecule has 1 aliphatic carbocycles. The van der Waals surface area contributed by atoms with Gasteiger partial charge in [0.25, 0.3) is 0 Å². The van der Waals surface area contributed by atoms with Gasteiger partial charge in [-0.05, 0) is 48.9 Å². The SMILES string of the molecule is Cc1cccc(CC(CO)NC(=O)C2Cc3ccncc3C2)c1. The summed E-state index contributed by atoms with van der Waals surface area (Å²) in [7, 11) is 0. The zero-order valence-corrected chi connectivity index (χ0v) is 13.3. The number of carbonyl (C=O) groups excluding carboxylic acids is 1. The van der Waals surface area contributed by atoms with Gasteiger partial charge in [0.2, 0.25) is 5.91 Å². The Kier molecular flexibility index (Phi) is 4.72. The number of carbonyl (C=O) groups is 1. The van der Waals surface area contributed by atoms with E-state index in [2.05, 4.69) is 16.4 Å². The lowest BCUT2D eigenvalue weighted by Crippen LogP contribution is -2.42. The molecule has 23 heavy (non-hydrogen) atoms. The minimum atomic E-state index is -0.244. The van der Waals surface area contributed by atoms with Gasteiger partial charge >= 0.3 is 0 Å². The molecule has 0 saturated carbocycles. The van der Waals surface area contributed by atoms with E-state index in [-0.39, 0.29) is 24.5 Å². The highest BCUT2D eigenvalue weighted by molar-refractivity contribution is 5.80. The topological polar surface area (TPSA) is 62.2 Å². The van der Waals surface area contributed by atoms with E-state index in [4.69, 9.17) is 0 Å². The molecular formula is C19H22N2O2. The molecule has 2 N–H and O–H groups in total. The molecule has 0 radical (unpaired) electrons. The first-order chi connectivity index (χ1) is 11.2. The Bertz CT molecular complexity index is 674. The van der Waals surface area contributed by atoms with Gasteiger partial charge in [0, 0.05) is 18.3 Å². The van der Waals surface area contributed by atoms with E-state index in [0.29, 0.717) is 6.42 Å². The van der Waals surface area contributed by atoms with Crippen LogP contribution in [0.1, 0.15) is 22.3 Å². The van der Waals surface area contributed by atoms with Crippen molar-refractivity contribution < 1.29 is 9.90 Å². The van der Waals surface area contributed by atoms with Crippen molar-refractivity contribution >= 4 is 5.91 Å². The van der Waals surface area contributed by atoms with Crippen LogP contribution in [-0.2, 0) is 24.1 Å². The number of aliphatic hydroxyl groups excluding tert-OH is 1. The number of nitrogens with one attached hydrogen (secondary N) is 1. The second-order valence-corrected chi connectivity index (χ2v) is 6.33. The summed E-state index contributed by atoms with van der Waals surface area (Å²) in [6.07, 6.45) is 5.75. The first-order valence-electron chi connectivity index (χ1n) is 8.04. The molecule has 0 spiro atoms. The van der Waals surface area contributed by atoms with Crippen molar-refractivity contribution in [3.05, 3.63) is 65.0 Å². The number of aliphatic hydroxyl groups is 1. The molecule has 1 aromatic heterocycles. The lowest BCUT2D eigenvalue weighted by atomic mass is 10.0. The predicted molar refractivity (Wildman–Crippen MR) is 89.0 cm³/mol. The standard InChI is InChI=1S/C19H22N2O2/c1-13-3-2-4-14(7-13)8-18(12-22)21-19(23)16-9-15-5-6-20-11-17(15)10-16/h2-7,11,16,18,22H,8-10,12H2,1H3,(H,21,23). The van der Waals surface area contributed by atoms with Crippen LogP contribution in [0, 0.1) is 12.8 Å². The van der Waals surface area contributed by atoms with Crippen LogP contribution in [0.25, 0.3) is 0 Å². The summed E-state index contributed by atoms with van der Waals surface area (Å²) in [6.45, 7) is 1.99. The molecule has 4 heteroatoms. The smallest absolute Gasteiger partial charge is 0.224 e. The molecule has 1 amide bonds. The maximum absolute atomic E-state index is 12.5. The number of rotatable bonds is 5. The van der Waals surface area contributed by atoms with Crippen molar-refractivity contribution in [3.63, 3.8) is 0 Å². The van der Waals surface area contributed by atoms with Crippen LogP contribution in [0.4, 0.5) is 0 Å². The molecule has 3 rings (SSSR count). The number of hydrogen-bond acceptors (Lipinski definition) is 3. The fourth-order valence-corrected chi connectivity index (χ4v) is 3.23. The average molecular weight is 310 g/mol. The third-order valence-electron chi connectivity index (χ3n) is 4.44. The molecule has 2 aromatic rings. The lowest BCUT2D eigenvalue weighted by Gasteiger charge is -2.19. The number of amides is 1. The molecule has 0 fully saturated rings. The minimum absolute atomic E-state index is 0.0212. The summed E-state index contributed by atoms with van der Waals surface area (Å²) in [6, 6.07) is 9.90. The van der Waals surface area contributed by atoms with Crippen molar-refractivity contribution in [1.82, 2.24) is 10.3 Å². The van der Waals surface area contributed by atoms with Crippen molar-refractivity contribution in [2.45, 2.75) is 32.2 Å². The van der Waals surface area contributed by atoms with Gasteiger partial charge in [-0.15, -0.1) is 0 Å². The van der Waals surface area contributed by atoms with Gasteiger partial charge in [0.15, 0.2) is 0 Å². The fourth-order valence-electron chi connectivity index (χ4n) is 3.23. The largest absolute Gasteiger partial charge is 0.394 e. The van der Waals surface area contributed by atoms with Crippen LogP contribution < -0.4 is 5.32 Å². The molecule has 1 aromatic carbocycles. The quantitative estimate of drug-likeness (QED) is 0.885. The average Bonchev–Trinajstić information content (AvgIpc) is 2.98. The summed E-state index contributed by atoms with van der Waals surface area (Å²) in [4.78, 5) is 16.6. The Hall–Kier alpha value is -2.20. The van der Waals surface area contributed by atoms with Crippen molar-refractivity contribution in [2.75, 3.05) is 6.61 Å². The van der Waals surface area contributed by atoms with Gasteiger partial charge in [0.1, 0.15) is 0 Å². The molecule has 0 aliphatic heterocycles. The van der Waals surface area contributed by atoms with E-state index in [1.807, 2.05) is 37.4 Å². The Morgan fingerprint density at radius 2 is 2.17 bits per heavy atom. The summed E-state index contributed by atoms with van der Waals surface area (Å²) in [5.74, 6) is -0.0336. The Balaban J connectivity index is 1.60. The van der Waals surface area contributed by atoms with Gasteiger partial charge in [-0.2, -0.15) is 0 Å². The molecule has 2 atom stereocenters. The van der Waals surface area contributed by atoms with Gasteiger partial charge < -0.3 is 10.4 Å². The van der Waals surface area contributed by atoms with Gasteiger partial charge in [0.05, 0.1) is 12.6 Å². The summed E-state index contributed by atoms with van der Waals surface area (Å²) in [5, 5.41) is 12.6. The van der Waals surface area contributed by atoms with E-state index in [1.165, 1.54) is 11.1 Å². The third kappa shape index (κ3) is 3.77. The number of hydrogen-bond donors (Lipinski definition) is 2. The molecular weight excluding hydrogens is 288 g/mol. The summed E-state index contributed by atoms with van der Waals surface area (Å²) in [5.41, 5.74) is 4.68. The highest BCUT2D eigenvalue weighted by Gasteiger charge is 2.28. The van der Waals surface area contributed by atoms with E-state index in [9.17, 15) is 9.90 Å². The number of aromatic nitrogens is 1. The minimum Gasteiger partial charge on any atom is -0.394 e. The Morgan fingerprint density at radius 3 is 2.91 bits per heavy atom. The van der Waals surface area contributed by atoms with Gasteiger partial charge in [-0.25, -0.2) is 0 Å². The Labute approximate surface area is 136 Å². The molecule has 2 unspecified atom stereocenters. The zero-order valence-electron chi connectivity index (χ0n) is 13.3. The summed E-state index contributed by atoms with van der Waals surface area (Å²) < 4.78 is 0. The maximum Gasteiger partial charge on any atom is 0.224 e. The van der Waals surface area contributed by atoms with Crippen LogP contribution >= 0.6 is 0 Å². The number of benzene rings is 1. The van der Waals surface area contributed by atoms with Crippen molar-refractivity contribution in [3.8, 4) is 0 Å². The van der Waals surface area contributed by atoms with Gasteiger partial charge in [-0.3, -0.25) is 9.78 Å². The second kappa shape index (κ2) is 6.92. The van der Waals surface area contributed by atoms with Crippen LogP contribution in [0.15, 0.2) is 42.7 Å². The molecule has 120 valence electrons. The monoisotopic (exact) mass is 310 g/mol. The first-order valence-corrected chi connectivity index (χ1v) is 8.04. The molecule has 0 saturated heterocycles.